The van der Waals surface area contributed by atoms with Gasteiger partial charge in [0.05, 0.1) is 18.1 Å². The van der Waals surface area contributed by atoms with Gasteiger partial charge in [0, 0.05) is 13.1 Å². The second-order valence-electron chi connectivity index (χ2n) is 6.16. The Labute approximate surface area is 119 Å². The van der Waals surface area contributed by atoms with Crippen molar-refractivity contribution >= 4 is 5.97 Å². The Morgan fingerprint density at radius 2 is 2.30 bits per heavy atom. The van der Waals surface area contributed by atoms with Gasteiger partial charge in [-0.1, -0.05) is 24.3 Å². The summed E-state index contributed by atoms with van der Waals surface area (Å²) in [5, 5.41) is 9.30. The SMILES string of the molecule is CC1(C(=O)O)CCN(CC2OCCc3ccccc32)C1. The van der Waals surface area contributed by atoms with Crippen LogP contribution in [0.2, 0.25) is 0 Å². The fourth-order valence-corrected chi connectivity index (χ4v) is 3.25. The summed E-state index contributed by atoms with van der Waals surface area (Å²) in [5.74, 6) is -0.690. The van der Waals surface area contributed by atoms with E-state index in [9.17, 15) is 9.90 Å². The zero-order valence-electron chi connectivity index (χ0n) is 11.8. The molecule has 0 aliphatic carbocycles. The number of carbonyl (C=O) groups is 1. The smallest absolute Gasteiger partial charge is 0.310 e. The summed E-state index contributed by atoms with van der Waals surface area (Å²) >= 11 is 0. The lowest BCUT2D eigenvalue weighted by molar-refractivity contribution is -0.147. The molecule has 0 aromatic heterocycles. The van der Waals surface area contributed by atoms with E-state index in [2.05, 4.69) is 23.1 Å². The van der Waals surface area contributed by atoms with E-state index in [1.54, 1.807) is 0 Å². The number of carboxylic acid groups (broad SMARTS) is 1. The highest BCUT2D eigenvalue weighted by Crippen LogP contribution is 2.33. The van der Waals surface area contributed by atoms with Crippen molar-refractivity contribution in [2.75, 3.05) is 26.2 Å². The molecule has 1 N–H and O–H groups in total. The van der Waals surface area contributed by atoms with Crippen LogP contribution in [0.4, 0.5) is 0 Å². The van der Waals surface area contributed by atoms with E-state index in [1.807, 2.05) is 13.0 Å². The number of aliphatic carboxylic acids is 1. The van der Waals surface area contributed by atoms with E-state index in [-0.39, 0.29) is 6.10 Å². The summed E-state index contributed by atoms with van der Waals surface area (Å²) in [6.45, 7) is 4.84. The third-order valence-electron chi connectivity index (χ3n) is 4.59. The third-order valence-corrected chi connectivity index (χ3v) is 4.59. The predicted molar refractivity (Wildman–Crippen MR) is 75.6 cm³/mol. The van der Waals surface area contributed by atoms with Crippen LogP contribution in [0.25, 0.3) is 0 Å². The highest BCUT2D eigenvalue weighted by molar-refractivity contribution is 5.74. The molecule has 0 spiro atoms. The summed E-state index contributed by atoms with van der Waals surface area (Å²) in [5.41, 5.74) is 2.03. The molecule has 0 saturated carbocycles. The average Bonchev–Trinajstić information content (AvgIpc) is 2.82. The highest BCUT2D eigenvalue weighted by atomic mass is 16.5. The van der Waals surface area contributed by atoms with Crippen molar-refractivity contribution in [1.82, 2.24) is 4.90 Å². The molecule has 1 aromatic rings. The van der Waals surface area contributed by atoms with E-state index < -0.39 is 11.4 Å². The van der Waals surface area contributed by atoms with Gasteiger partial charge in [-0.15, -0.1) is 0 Å². The molecule has 2 aliphatic heterocycles. The van der Waals surface area contributed by atoms with Gasteiger partial charge in [-0.25, -0.2) is 0 Å². The molecule has 0 radical (unpaired) electrons. The van der Waals surface area contributed by atoms with Crippen molar-refractivity contribution in [3.8, 4) is 0 Å². The quantitative estimate of drug-likeness (QED) is 0.917. The number of hydrogen-bond donors (Lipinski definition) is 1. The first-order valence-corrected chi connectivity index (χ1v) is 7.24. The maximum absolute atomic E-state index is 11.3. The topological polar surface area (TPSA) is 49.8 Å². The molecule has 3 rings (SSSR count). The van der Waals surface area contributed by atoms with Gasteiger partial charge >= 0.3 is 5.97 Å². The van der Waals surface area contributed by atoms with Crippen LogP contribution in [-0.2, 0) is 16.0 Å². The highest BCUT2D eigenvalue weighted by Gasteiger charge is 2.41. The predicted octanol–water partition coefficient (Wildman–Crippen LogP) is 2.10. The Bertz CT molecular complexity index is 516. The van der Waals surface area contributed by atoms with Gasteiger partial charge < -0.3 is 9.84 Å². The zero-order chi connectivity index (χ0) is 14.2. The van der Waals surface area contributed by atoms with E-state index in [1.165, 1.54) is 11.1 Å². The first-order chi connectivity index (χ1) is 9.58. The number of likely N-dealkylation sites (tertiary alicyclic amines) is 1. The summed E-state index contributed by atoms with van der Waals surface area (Å²) in [6, 6.07) is 8.41. The van der Waals surface area contributed by atoms with E-state index in [0.717, 1.165) is 32.5 Å². The molecule has 20 heavy (non-hydrogen) atoms. The second kappa shape index (κ2) is 5.19. The normalized spacial score (nSPS) is 30.1. The van der Waals surface area contributed by atoms with Crippen molar-refractivity contribution in [2.24, 2.45) is 5.41 Å². The van der Waals surface area contributed by atoms with Crippen LogP contribution in [0, 0.1) is 5.41 Å². The maximum Gasteiger partial charge on any atom is 0.310 e. The number of ether oxygens (including phenoxy) is 1. The first kappa shape index (κ1) is 13.6. The number of rotatable bonds is 3. The molecule has 4 nitrogen and oxygen atoms in total. The minimum atomic E-state index is -0.690. The number of benzene rings is 1. The lowest BCUT2D eigenvalue weighted by Crippen LogP contribution is -2.35. The van der Waals surface area contributed by atoms with Gasteiger partial charge in [-0.3, -0.25) is 9.69 Å². The van der Waals surface area contributed by atoms with E-state index in [0.29, 0.717) is 6.54 Å². The molecule has 0 amide bonds. The Morgan fingerprint density at radius 1 is 1.50 bits per heavy atom. The average molecular weight is 275 g/mol. The Balaban J connectivity index is 1.70. The third kappa shape index (κ3) is 2.45. The molecule has 2 unspecified atom stereocenters. The van der Waals surface area contributed by atoms with Crippen molar-refractivity contribution in [2.45, 2.75) is 25.9 Å². The van der Waals surface area contributed by atoms with Crippen LogP contribution in [0.15, 0.2) is 24.3 Å². The Hall–Kier alpha value is -1.39. The van der Waals surface area contributed by atoms with Gasteiger partial charge in [0.2, 0.25) is 0 Å². The molecule has 2 aliphatic rings. The molecule has 2 heterocycles. The molecule has 1 aromatic carbocycles. The van der Waals surface area contributed by atoms with E-state index >= 15 is 0 Å². The number of carboxylic acids is 1. The van der Waals surface area contributed by atoms with Crippen LogP contribution in [0.5, 0.6) is 0 Å². The Kier molecular flexibility index (Phi) is 3.52. The van der Waals surface area contributed by atoms with Gasteiger partial charge in [-0.2, -0.15) is 0 Å². The molecular formula is C16H21NO3. The van der Waals surface area contributed by atoms with Gasteiger partial charge in [0.25, 0.3) is 0 Å². The minimum absolute atomic E-state index is 0.0797. The van der Waals surface area contributed by atoms with Crippen LogP contribution < -0.4 is 0 Å². The molecule has 1 saturated heterocycles. The fourth-order valence-electron chi connectivity index (χ4n) is 3.25. The standard InChI is InChI=1S/C16H21NO3/c1-16(15(18)19)7-8-17(11-16)10-14-13-5-3-2-4-12(13)6-9-20-14/h2-5,14H,6-11H2,1H3,(H,18,19). The van der Waals surface area contributed by atoms with Crippen LogP contribution in [0.3, 0.4) is 0 Å². The molecule has 108 valence electrons. The fraction of sp³-hybridized carbons (Fsp3) is 0.562. The summed E-state index contributed by atoms with van der Waals surface area (Å²) in [4.78, 5) is 13.5. The lowest BCUT2D eigenvalue weighted by atomic mass is 9.90. The number of hydrogen-bond acceptors (Lipinski definition) is 3. The Morgan fingerprint density at radius 3 is 3.05 bits per heavy atom. The molecule has 0 bridgehead atoms. The van der Waals surface area contributed by atoms with Crippen LogP contribution in [-0.4, -0.2) is 42.2 Å². The number of fused-ring (bicyclic) bond motifs is 1. The minimum Gasteiger partial charge on any atom is -0.481 e. The van der Waals surface area contributed by atoms with Gasteiger partial charge in [0.15, 0.2) is 0 Å². The van der Waals surface area contributed by atoms with Crippen LogP contribution >= 0.6 is 0 Å². The van der Waals surface area contributed by atoms with Crippen LogP contribution in [0.1, 0.15) is 30.6 Å². The molecule has 1 fully saturated rings. The van der Waals surface area contributed by atoms with Crippen molar-refractivity contribution in [3.63, 3.8) is 0 Å². The molecule has 2 atom stereocenters. The second-order valence-corrected chi connectivity index (χ2v) is 6.16. The number of nitrogens with zero attached hydrogens (tertiary/aromatic N) is 1. The van der Waals surface area contributed by atoms with Gasteiger partial charge in [-0.05, 0) is 37.4 Å². The van der Waals surface area contributed by atoms with Crippen molar-refractivity contribution in [1.29, 1.82) is 0 Å². The summed E-state index contributed by atoms with van der Waals surface area (Å²) in [6.07, 6.45) is 1.77. The monoisotopic (exact) mass is 275 g/mol. The summed E-state index contributed by atoms with van der Waals surface area (Å²) in [7, 11) is 0. The van der Waals surface area contributed by atoms with Gasteiger partial charge in [0.1, 0.15) is 0 Å². The van der Waals surface area contributed by atoms with Crippen molar-refractivity contribution < 1.29 is 14.6 Å². The molecular weight excluding hydrogens is 254 g/mol. The first-order valence-electron chi connectivity index (χ1n) is 7.24. The zero-order valence-corrected chi connectivity index (χ0v) is 11.8. The van der Waals surface area contributed by atoms with Crippen molar-refractivity contribution in [3.05, 3.63) is 35.4 Å². The maximum atomic E-state index is 11.3. The lowest BCUT2D eigenvalue weighted by Gasteiger charge is -2.30. The summed E-state index contributed by atoms with van der Waals surface area (Å²) < 4.78 is 5.91. The largest absolute Gasteiger partial charge is 0.481 e. The van der Waals surface area contributed by atoms with E-state index in [4.69, 9.17) is 4.74 Å². The molecule has 4 heteroatoms.